The van der Waals surface area contributed by atoms with Crippen molar-refractivity contribution >= 4 is 16.9 Å². The van der Waals surface area contributed by atoms with Gasteiger partial charge in [0.2, 0.25) is 0 Å². The fourth-order valence-electron chi connectivity index (χ4n) is 2.79. The van der Waals surface area contributed by atoms with Crippen LogP contribution in [0.3, 0.4) is 0 Å². The Bertz CT molecular complexity index is 861. The van der Waals surface area contributed by atoms with Crippen molar-refractivity contribution in [2.24, 2.45) is 0 Å². The zero-order valence-corrected chi connectivity index (χ0v) is 15.7. The summed E-state index contributed by atoms with van der Waals surface area (Å²) in [5.41, 5.74) is 2.49. The van der Waals surface area contributed by atoms with Crippen LogP contribution in [0.1, 0.15) is 42.1 Å². The number of ether oxygens (including phenoxy) is 1. The Morgan fingerprint density at radius 1 is 1.15 bits per heavy atom. The molecule has 0 bridgehead atoms. The van der Waals surface area contributed by atoms with Gasteiger partial charge in [0.1, 0.15) is 0 Å². The van der Waals surface area contributed by atoms with Gasteiger partial charge in [0.25, 0.3) is 5.91 Å². The number of benzene rings is 1. The molecule has 6 nitrogen and oxygen atoms in total. The summed E-state index contributed by atoms with van der Waals surface area (Å²) in [5.74, 6) is -0.117. The molecule has 0 saturated carbocycles. The molecular formula is C21H26N4O2. The van der Waals surface area contributed by atoms with Gasteiger partial charge in [-0.2, -0.15) is 5.10 Å². The molecule has 0 saturated heterocycles. The monoisotopic (exact) mass is 366 g/mol. The highest BCUT2D eigenvalue weighted by Crippen LogP contribution is 2.14. The zero-order valence-electron chi connectivity index (χ0n) is 15.7. The van der Waals surface area contributed by atoms with Gasteiger partial charge in [0.15, 0.2) is 5.65 Å². The maximum absolute atomic E-state index is 12.3. The minimum absolute atomic E-state index is 0.117. The van der Waals surface area contributed by atoms with Gasteiger partial charge in [0.05, 0.1) is 18.3 Å². The average molecular weight is 366 g/mol. The molecule has 2 aromatic heterocycles. The first kappa shape index (κ1) is 19.0. The Kier molecular flexibility index (Phi) is 6.93. The number of hydrogen-bond donors (Lipinski definition) is 1. The highest BCUT2D eigenvalue weighted by molar-refractivity contribution is 5.96. The Hall–Kier alpha value is -2.73. The standard InChI is InChI=1S/C21H26N4O2/c1-2-3-11-27-12-7-10-22-21(26)19-13-18-15-24-25(20(18)23-14-19)16-17-8-5-4-6-9-17/h4-6,8-9,13-15H,2-3,7,10-12,16H2,1H3,(H,22,26). The summed E-state index contributed by atoms with van der Waals surface area (Å²) >= 11 is 0. The molecular weight excluding hydrogens is 340 g/mol. The van der Waals surface area contributed by atoms with Crippen molar-refractivity contribution in [3.05, 3.63) is 59.9 Å². The number of amides is 1. The van der Waals surface area contributed by atoms with Gasteiger partial charge in [-0.3, -0.25) is 4.79 Å². The molecule has 1 N–H and O–H groups in total. The second-order valence-electron chi connectivity index (χ2n) is 6.50. The lowest BCUT2D eigenvalue weighted by Gasteiger charge is -2.07. The largest absolute Gasteiger partial charge is 0.381 e. The number of rotatable bonds is 10. The lowest BCUT2D eigenvalue weighted by atomic mass is 10.2. The number of hydrogen-bond acceptors (Lipinski definition) is 4. The summed E-state index contributed by atoms with van der Waals surface area (Å²) in [5, 5.41) is 8.19. The van der Waals surface area contributed by atoms with E-state index in [2.05, 4.69) is 34.5 Å². The average Bonchev–Trinajstić information content (AvgIpc) is 3.10. The van der Waals surface area contributed by atoms with Gasteiger partial charge in [-0.15, -0.1) is 0 Å². The van der Waals surface area contributed by atoms with Gasteiger partial charge < -0.3 is 10.1 Å². The molecule has 6 heteroatoms. The third-order valence-corrected chi connectivity index (χ3v) is 4.31. The van der Waals surface area contributed by atoms with E-state index in [0.717, 1.165) is 42.5 Å². The Morgan fingerprint density at radius 2 is 1.96 bits per heavy atom. The Labute approximate surface area is 159 Å². The summed E-state index contributed by atoms with van der Waals surface area (Å²) in [6.07, 6.45) is 6.38. The molecule has 0 fully saturated rings. The minimum atomic E-state index is -0.117. The lowest BCUT2D eigenvalue weighted by Crippen LogP contribution is -2.25. The van der Waals surface area contributed by atoms with E-state index in [1.807, 2.05) is 28.9 Å². The highest BCUT2D eigenvalue weighted by Gasteiger charge is 2.10. The molecule has 0 spiro atoms. The quantitative estimate of drug-likeness (QED) is 0.558. The van der Waals surface area contributed by atoms with Gasteiger partial charge in [-0.05, 0) is 24.5 Å². The molecule has 1 amide bonds. The summed E-state index contributed by atoms with van der Waals surface area (Å²) in [6, 6.07) is 12.0. The number of carbonyl (C=O) groups is 1. The Balaban J connectivity index is 1.54. The van der Waals surface area contributed by atoms with Crippen LogP contribution in [-0.2, 0) is 11.3 Å². The first-order valence-corrected chi connectivity index (χ1v) is 9.49. The lowest BCUT2D eigenvalue weighted by molar-refractivity contribution is 0.0940. The molecule has 3 aromatic rings. The summed E-state index contributed by atoms with van der Waals surface area (Å²) in [6.45, 7) is 4.85. The highest BCUT2D eigenvalue weighted by atomic mass is 16.5. The first-order chi connectivity index (χ1) is 13.3. The van der Waals surface area contributed by atoms with E-state index in [1.165, 1.54) is 0 Å². The molecule has 0 atom stereocenters. The molecule has 3 rings (SSSR count). The number of fused-ring (bicyclic) bond motifs is 1. The Morgan fingerprint density at radius 3 is 2.78 bits per heavy atom. The fraction of sp³-hybridized carbons (Fsp3) is 0.381. The van der Waals surface area contributed by atoms with E-state index in [4.69, 9.17) is 4.74 Å². The van der Waals surface area contributed by atoms with E-state index in [1.54, 1.807) is 12.4 Å². The van der Waals surface area contributed by atoms with Crippen LogP contribution < -0.4 is 5.32 Å². The van der Waals surface area contributed by atoms with Crippen molar-refractivity contribution in [3.63, 3.8) is 0 Å². The van der Waals surface area contributed by atoms with E-state index < -0.39 is 0 Å². The SMILES string of the molecule is CCCCOCCCNC(=O)c1cnc2c(cnn2Cc2ccccc2)c1. The van der Waals surface area contributed by atoms with Crippen LogP contribution in [0.2, 0.25) is 0 Å². The molecule has 142 valence electrons. The second kappa shape index (κ2) is 9.83. The van der Waals surface area contributed by atoms with Crippen LogP contribution in [0.25, 0.3) is 11.0 Å². The van der Waals surface area contributed by atoms with E-state index in [-0.39, 0.29) is 5.91 Å². The van der Waals surface area contributed by atoms with Gasteiger partial charge in [-0.1, -0.05) is 43.7 Å². The first-order valence-electron chi connectivity index (χ1n) is 9.49. The smallest absolute Gasteiger partial charge is 0.252 e. The van der Waals surface area contributed by atoms with Gasteiger partial charge in [0, 0.05) is 31.3 Å². The topological polar surface area (TPSA) is 69.0 Å². The van der Waals surface area contributed by atoms with E-state index in [9.17, 15) is 4.79 Å². The number of nitrogens with zero attached hydrogens (tertiary/aromatic N) is 3. The molecule has 0 aliphatic heterocycles. The molecule has 0 aliphatic carbocycles. The van der Waals surface area contributed by atoms with Crippen molar-refractivity contribution in [1.29, 1.82) is 0 Å². The summed E-state index contributed by atoms with van der Waals surface area (Å²) in [4.78, 5) is 16.8. The van der Waals surface area contributed by atoms with Gasteiger partial charge in [-0.25, -0.2) is 9.67 Å². The van der Waals surface area contributed by atoms with Crippen LogP contribution in [0.5, 0.6) is 0 Å². The number of pyridine rings is 1. The van der Waals surface area contributed by atoms with E-state index >= 15 is 0 Å². The van der Waals surface area contributed by atoms with Crippen molar-refractivity contribution in [1.82, 2.24) is 20.1 Å². The number of unbranched alkanes of at least 4 members (excludes halogenated alkanes) is 1. The van der Waals surface area contributed by atoms with Gasteiger partial charge >= 0.3 is 0 Å². The second-order valence-corrected chi connectivity index (χ2v) is 6.50. The van der Waals surface area contributed by atoms with E-state index in [0.29, 0.717) is 25.3 Å². The fourth-order valence-corrected chi connectivity index (χ4v) is 2.79. The number of aromatic nitrogens is 3. The predicted molar refractivity (Wildman–Crippen MR) is 106 cm³/mol. The van der Waals surface area contributed by atoms with Crippen molar-refractivity contribution < 1.29 is 9.53 Å². The molecule has 2 heterocycles. The predicted octanol–water partition coefficient (Wildman–Crippen LogP) is 3.42. The number of carbonyl (C=O) groups excluding carboxylic acids is 1. The maximum Gasteiger partial charge on any atom is 0.252 e. The van der Waals surface area contributed by atoms with Crippen molar-refractivity contribution in [3.8, 4) is 0 Å². The van der Waals surface area contributed by atoms with Crippen LogP contribution in [0.4, 0.5) is 0 Å². The van der Waals surface area contributed by atoms with Crippen LogP contribution in [0, 0.1) is 0 Å². The normalized spacial score (nSPS) is 11.0. The van der Waals surface area contributed by atoms with Crippen LogP contribution in [0.15, 0.2) is 48.8 Å². The molecule has 0 radical (unpaired) electrons. The van der Waals surface area contributed by atoms with Crippen LogP contribution >= 0.6 is 0 Å². The minimum Gasteiger partial charge on any atom is -0.381 e. The van der Waals surface area contributed by atoms with Crippen molar-refractivity contribution in [2.75, 3.05) is 19.8 Å². The van der Waals surface area contributed by atoms with Crippen molar-refractivity contribution in [2.45, 2.75) is 32.7 Å². The zero-order chi connectivity index (χ0) is 18.9. The molecule has 1 aromatic carbocycles. The molecule has 27 heavy (non-hydrogen) atoms. The molecule has 0 aliphatic rings. The third-order valence-electron chi connectivity index (χ3n) is 4.31. The number of nitrogens with one attached hydrogen (secondary N) is 1. The summed E-state index contributed by atoms with van der Waals surface area (Å²) < 4.78 is 7.34. The summed E-state index contributed by atoms with van der Waals surface area (Å²) in [7, 11) is 0. The molecule has 0 unspecified atom stereocenters. The third kappa shape index (κ3) is 5.37. The maximum atomic E-state index is 12.3. The van der Waals surface area contributed by atoms with Crippen LogP contribution in [-0.4, -0.2) is 40.4 Å².